The number of nitrogens with one attached hydrogen (secondary N) is 1. The summed E-state index contributed by atoms with van der Waals surface area (Å²) < 4.78 is 8.64. The Bertz CT molecular complexity index is 399. The zero-order valence-electron chi connectivity index (χ0n) is 11.4. The van der Waals surface area contributed by atoms with E-state index in [1.807, 2.05) is 18.7 Å². The van der Waals surface area contributed by atoms with E-state index in [-0.39, 0.29) is 0 Å². The zero-order chi connectivity index (χ0) is 13.1. The number of aryl methyl sites for hydroxylation is 2. The number of aromatic nitrogens is 2. The molecule has 0 saturated carbocycles. The van der Waals surface area contributed by atoms with Crippen LogP contribution in [0.4, 0.5) is 0 Å². The van der Waals surface area contributed by atoms with Gasteiger partial charge in [-0.15, -0.1) is 0 Å². The van der Waals surface area contributed by atoms with Crippen LogP contribution in [0.15, 0.2) is 4.47 Å². The molecule has 102 valence electrons. The first-order valence-electron chi connectivity index (χ1n) is 6.62. The smallest absolute Gasteiger partial charge is 0.0738 e. The lowest BCUT2D eigenvalue weighted by Gasteiger charge is -2.23. The van der Waals surface area contributed by atoms with E-state index >= 15 is 0 Å². The van der Waals surface area contributed by atoms with Gasteiger partial charge in [0.2, 0.25) is 0 Å². The first-order valence-corrected chi connectivity index (χ1v) is 7.41. The van der Waals surface area contributed by atoms with Crippen molar-refractivity contribution in [3.63, 3.8) is 0 Å². The van der Waals surface area contributed by atoms with Crippen LogP contribution in [0.1, 0.15) is 24.7 Å². The molecule has 1 aromatic heterocycles. The largest absolute Gasteiger partial charge is 0.381 e. The van der Waals surface area contributed by atoms with E-state index in [0.717, 1.165) is 42.8 Å². The molecule has 5 heteroatoms. The number of rotatable bonds is 5. The SMILES string of the molecule is CCNC(Cc1c(Br)c(C)nn1C)C1CCOC1. The highest BCUT2D eigenvalue weighted by Crippen LogP contribution is 2.25. The summed E-state index contributed by atoms with van der Waals surface area (Å²) in [6.45, 7) is 6.97. The summed E-state index contributed by atoms with van der Waals surface area (Å²) in [5.74, 6) is 0.618. The Morgan fingerprint density at radius 2 is 2.39 bits per heavy atom. The Labute approximate surface area is 117 Å². The molecule has 2 atom stereocenters. The molecule has 2 rings (SSSR count). The quantitative estimate of drug-likeness (QED) is 0.904. The predicted octanol–water partition coefficient (Wildman–Crippen LogP) is 2.05. The van der Waals surface area contributed by atoms with E-state index in [1.54, 1.807) is 0 Å². The lowest BCUT2D eigenvalue weighted by molar-refractivity contribution is 0.176. The van der Waals surface area contributed by atoms with Crippen molar-refractivity contribution in [1.29, 1.82) is 0 Å². The maximum absolute atomic E-state index is 5.51. The molecular formula is C13H22BrN3O. The number of likely N-dealkylation sites (N-methyl/N-ethyl adjacent to an activating group) is 1. The fourth-order valence-corrected chi connectivity index (χ4v) is 3.15. The van der Waals surface area contributed by atoms with E-state index in [4.69, 9.17) is 4.74 Å². The van der Waals surface area contributed by atoms with E-state index in [2.05, 4.69) is 33.3 Å². The predicted molar refractivity (Wildman–Crippen MR) is 75.7 cm³/mol. The molecule has 2 unspecified atom stereocenters. The molecule has 0 bridgehead atoms. The van der Waals surface area contributed by atoms with E-state index in [0.29, 0.717) is 12.0 Å². The Kier molecular flexibility index (Phi) is 4.81. The second kappa shape index (κ2) is 6.17. The summed E-state index contributed by atoms with van der Waals surface area (Å²) >= 11 is 3.65. The molecule has 1 aliphatic rings. The molecular weight excluding hydrogens is 294 g/mol. The van der Waals surface area contributed by atoms with Crippen LogP contribution < -0.4 is 5.32 Å². The minimum absolute atomic E-state index is 0.476. The number of nitrogens with zero attached hydrogens (tertiary/aromatic N) is 2. The van der Waals surface area contributed by atoms with Gasteiger partial charge in [0.15, 0.2) is 0 Å². The van der Waals surface area contributed by atoms with Gasteiger partial charge in [-0.1, -0.05) is 6.92 Å². The fraction of sp³-hybridized carbons (Fsp3) is 0.769. The van der Waals surface area contributed by atoms with Crippen molar-refractivity contribution in [2.45, 2.75) is 32.7 Å². The lowest BCUT2D eigenvalue weighted by Crippen LogP contribution is -2.38. The first kappa shape index (κ1) is 14.0. The average Bonchev–Trinajstić information content (AvgIpc) is 2.93. The van der Waals surface area contributed by atoms with Crippen LogP contribution in [0.2, 0.25) is 0 Å². The van der Waals surface area contributed by atoms with Crippen LogP contribution in [0.5, 0.6) is 0 Å². The molecule has 18 heavy (non-hydrogen) atoms. The Hall–Kier alpha value is -0.390. The molecule has 1 N–H and O–H groups in total. The third-order valence-corrected chi connectivity index (χ3v) is 4.71. The Balaban J connectivity index is 2.12. The normalized spacial score (nSPS) is 21.4. The minimum Gasteiger partial charge on any atom is -0.381 e. The fourth-order valence-electron chi connectivity index (χ4n) is 2.65. The molecule has 2 heterocycles. The Morgan fingerprint density at radius 1 is 1.61 bits per heavy atom. The third-order valence-electron chi connectivity index (χ3n) is 3.68. The number of hydrogen-bond acceptors (Lipinski definition) is 3. The van der Waals surface area contributed by atoms with Gasteiger partial charge in [0.05, 0.1) is 22.5 Å². The van der Waals surface area contributed by atoms with Gasteiger partial charge >= 0.3 is 0 Å². The summed E-state index contributed by atoms with van der Waals surface area (Å²) in [5, 5.41) is 8.06. The van der Waals surface area contributed by atoms with Gasteiger partial charge in [-0.3, -0.25) is 4.68 Å². The molecule has 0 radical (unpaired) electrons. The Morgan fingerprint density at radius 3 is 2.89 bits per heavy atom. The standard InChI is InChI=1S/C13H22BrN3O/c1-4-15-11(10-5-6-18-8-10)7-12-13(14)9(2)16-17(12)3/h10-11,15H,4-8H2,1-3H3. The first-order chi connectivity index (χ1) is 8.63. The van der Waals surface area contributed by atoms with Crippen molar-refractivity contribution in [2.24, 2.45) is 13.0 Å². The van der Waals surface area contributed by atoms with Crippen molar-refractivity contribution in [1.82, 2.24) is 15.1 Å². The molecule has 1 aromatic rings. The van der Waals surface area contributed by atoms with Crippen LogP contribution >= 0.6 is 15.9 Å². The highest BCUT2D eigenvalue weighted by molar-refractivity contribution is 9.10. The molecule has 0 aliphatic carbocycles. The number of ether oxygens (including phenoxy) is 1. The molecule has 1 saturated heterocycles. The van der Waals surface area contributed by atoms with Gasteiger partial charge in [0.1, 0.15) is 0 Å². The van der Waals surface area contributed by atoms with Crippen LogP contribution in [0, 0.1) is 12.8 Å². The van der Waals surface area contributed by atoms with Gasteiger partial charge in [-0.05, 0) is 35.8 Å². The van der Waals surface area contributed by atoms with Crippen molar-refractivity contribution in [2.75, 3.05) is 19.8 Å². The van der Waals surface area contributed by atoms with Crippen molar-refractivity contribution < 1.29 is 4.74 Å². The van der Waals surface area contributed by atoms with Crippen LogP contribution in [0.3, 0.4) is 0 Å². The average molecular weight is 316 g/mol. The molecule has 4 nitrogen and oxygen atoms in total. The molecule has 0 amide bonds. The molecule has 1 fully saturated rings. The summed E-state index contributed by atoms with van der Waals surface area (Å²) in [7, 11) is 2.02. The van der Waals surface area contributed by atoms with Gasteiger partial charge in [-0.25, -0.2) is 0 Å². The molecule has 0 aromatic carbocycles. The van der Waals surface area contributed by atoms with Crippen molar-refractivity contribution >= 4 is 15.9 Å². The van der Waals surface area contributed by atoms with Crippen molar-refractivity contribution in [3.8, 4) is 0 Å². The van der Waals surface area contributed by atoms with Crippen LogP contribution in [0.25, 0.3) is 0 Å². The molecule has 1 aliphatic heterocycles. The van der Waals surface area contributed by atoms with Gasteiger partial charge < -0.3 is 10.1 Å². The van der Waals surface area contributed by atoms with Gasteiger partial charge in [0.25, 0.3) is 0 Å². The summed E-state index contributed by atoms with van der Waals surface area (Å²) in [4.78, 5) is 0. The monoisotopic (exact) mass is 315 g/mol. The van der Waals surface area contributed by atoms with Crippen LogP contribution in [-0.2, 0) is 18.2 Å². The van der Waals surface area contributed by atoms with Crippen molar-refractivity contribution in [3.05, 3.63) is 15.9 Å². The second-order valence-corrected chi connectivity index (χ2v) is 5.75. The topological polar surface area (TPSA) is 39.1 Å². The van der Waals surface area contributed by atoms with Gasteiger partial charge in [-0.2, -0.15) is 5.10 Å². The number of hydrogen-bond donors (Lipinski definition) is 1. The maximum Gasteiger partial charge on any atom is 0.0738 e. The summed E-state index contributed by atoms with van der Waals surface area (Å²) in [5.41, 5.74) is 2.33. The summed E-state index contributed by atoms with van der Waals surface area (Å²) in [6.07, 6.45) is 2.16. The highest BCUT2D eigenvalue weighted by Gasteiger charge is 2.27. The molecule has 0 spiro atoms. The zero-order valence-corrected chi connectivity index (χ0v) is 13.0. The number of halogens is 1. The second-order valence-electron chi connectivity index (χ2n) is 4.96. The lowest BCUT2D eigenvalue weighted by atomic mass is 9.94. The minimum atomic E-state index is 0.476. The van der Waals surface area contributed by atoms with E-state index in [9.17, 15) is 0 Å². The van der Waals surface area contributed by atoms with E-state index < -0.39 is 0 Å². The van der Waals surface area contributed by atoms with Gasteiger partial charge in [0, 0.05) is 32.0 Å². The van der Waals surface area contributed by atoms with E-state index in [1.165, 1.54) is 5.69 Å². The highest BCUT2D eigenvalue weighted by atomic mass is 79.9. The third kappa shape index (κ3) is 2.95. The van der Waals surface area contributed by atoms with Crippen LogP contribution in [-0.4, -0.2) is 35.6 Å². The summed E-state index contributed by atoms with van der Waals surface area (Å²) in [6, 6.07) is 0.476. The maximum atomic E-state index is 5.51.